The van der Waals surface area contributed by atoms with E-state index in [2.05, 4.69) is 4.98 Å². The number of hydrogen-bond donors (Lipinski definition) is 1. The molecule has 7 heteroatoms. The molecule has 1 atom stereocenters. The minimum absolute atomic E-state index is 0.0408. The second kappa shape index (κ2) is 7.85. The number of pyridine rings is 1. The highest BCUT2D eigenvalue weighted by molar-refractivity contribution is 6.46. The Balaban J connectivity index is 1.66. The molecule has 160 valence electrons. The summed E-state index contributed by atoms with van der Waals surface area (Å²) < 4.78 is 10.7. The maximum atomic E-state index is 13.2. The quantitative estimate of drug-likeness (QED) is 0.387. The number of amides is 1. The van der Waals surface area contributed by atoms with Gasteiger partial charge in [-0.2, -0.15) is 0 Å². The first kappa shape index (κ1) is 19.8. The van der Waals surface area contributed by atoms with E-state index < -0.39 is 17.7 Å². The highest BCUT2D eigenvalue weighted by Gasteiger charge is 2.46. The van der Waals surface area contributed by atoms with Crippen molar-refractivity contribution in [3.8, 4) is 11.5 Å². The minimum Gasteiger partial charge on any atom is -0.507 e. The second-order valence-electron chi connectivity index (χ2n) is 7.67. The molecule has 7 nitrogen and oxygen atoms in total. The summed E-state index contributed by atoms with van der Waals surface area (Å²) >= 11 is 0. The van der Waals surface area contributed by atoms with Crippen LogP contribution < -0.4 is 9.47 Å². The van der Waals surface area contributed by atoms with Crippen LogP contribution >= 0.6 is 0 Å². The summed E-state index contributed by atoms with van der Waals surface area (Å²) in [6.45, 7) is 2.15. The van der Waals surface area contributed by atoms with Crippen LogP contribution in [0.1, 0.15) is 28.4 Å². The molecule has 0 saturated carbocycles. The van der Waals surface area contributed by atoms with Gasteiger partial charge >= 0.3 is 0 Å². The number of ketones is 1. The third-order valence-electron chi connectivity index (χ3n) is 5.73. The number of aliphatic hydroxyl groups excluding tert-OH is 1. The Morgan fingerprint density at radius 1 is 1.06 bits per heavy atom. The number of hydrogen-bond acceptors (Lipinski definition) is 6. The monoisotopic (exact) mass is 428 g/mol. The maximum Gasteiger partial charge on any atom is 0.296 e. The summed E-state index contributed by atoms with van der Waals surface area (Å²) in [4.78, 5) is 32.0. The van der Waals surface area contributed by atoms with E-state index in [9.17, 15) is 14.7 Å². The number of likely N-dealkylation sites (tertiary alicyclic amines) is 1. The number of ether oxygens (including phenoxy) is 2. The third kappa shape index (κ3) is 3.28. The predicted molar refractivity (Wildman–Crippen MR) is 116 cm³/mol. The van der Waals surface area contributed by atoms with E-state index in [1.807, 2.05) is 37.3 Å². The molecule has 0 bridgehead atoms. The molecule has 1 unspecified atom stereocenters. The van der Waals surface area contributed by atoms with E-state index in [4.69, 9.17) is 9.47 Å². The van der Waals surface area contributed by atoms with E-state index in [1.165, 1.54) is 4.90 Å². The van der Waals surface area contributed by atoms with Gasteiger partial charge in [0.1, 0.15) is 5.76 Å². The molecule has 0 spiro atoms. The third-order valence-corrected chi connectivity index (χ3v) is 5.73. The molecule has 3 heterocycles. The number of carbonyl (C=O) groups excluding carboxylic acids is 2. The number of aromatic nitrogens is 1. The van der Waals surface area contributed by atoms with Gasteiger partial charge in [0, 0.05) is 11.8 Å². The van der Waals surface area contributed by atoms with Crippen molar-refractivity contribution in [1.82, 2.24) is 9.88 Å². The Morgan fingerprint density at radius 2 is 1.84 bits per heavy atom. The Kier molecular flexibility index (Phi) is 4.86. The molecular formula is C25H20N2O5. The number of aliphatic hydroxyl groups is 1. The van der Waals surface area contributed by atoms with E-state index in [0.29, 0.717) is 22.8 Å². The molecule has 1 amide bonds. The van der Waals surface area contributed by atoms with E-state index in [0.717, 1.165) is 11.1 Å². The lowest BCUT2D eigenvalue weighted by Crippen LogP contribution is -2.29. The van der Waals surface area contributed by atoms with E-state index in [-0.39, 0.29) is 24.7 Å². The molecule has 2 aliphatic rings. The summed E-state index contributed by atoms with van der Waals surface area (Å²) in [6.07, 6.45) is 1.64. The number of rotatable bonds is 4. The van der Waals surface area contributed by atoms with Crippen LogP contribution in [0.3, 0.4) is 0 Å². The van der Waals surface area contributed by atoms with Crippen LogP contribution in [0.25, 0.3) is 5.76 Å². The van der Waals surface area contributed by atoms with Gasteiger partial charge in [-0.05, 0) is 48.4 Å². The lowest BCUT2D eigenvalue weighted by atomic mass is 9.92. The topological polar surface area (TPSA) is 89.0 Å². The standard InChI is InChI=1S/C25H20N2O5/c1-15-6-2-3-8-18(15)22-21(23(28)16-9-10-19-20(12-16)32-14-31-19)24(29)25(30)27(22)13-17-7-4-5-11-26-17/h2-12,22,28H,13-14H2,1H3/b23-21+. The fourth-order valence-corrected chi connectivity index (χ4v) is 4.13. The van der Waals surface area contributed by atoms with E-state index in [1.54, 1.807) is 36.5 Å². The number of carbonyl (C=O) groups is 2. The van der Waals surface area contributed by atoms with Crippen LogP contribution in [0.2, 0.25) is 0 Å². The van der Waals surface area contributed by atoms with Gasteiger partial charge in [-0.25, -0.2) is 0 Å². The van der Waals surface area contributed by atoms with Crippen molar-refractivity contribution in [2.75, 3.05) is 6.79 Å². The van der Waals surface area contributed by atoms with Crippen LogP contribution in [0.5, 0.6) is 11.5 Å². The van der Waals surface area contributed by atoms with Gasteiger partial charge in [-0.1, -0.05) is 30.3 Å². The summed E-state index contributed by atoms with van der Waals surface area (Å²) in [5, 5.41) is 11.2. The molecule has 2 aromatic carbocycles. The molecule has 1 aromatic heterocycles. The first-order valence-electron chi connectivity index (χ1n) is 10.2. The van der Waals surface area contributed by atoms with Crippen molar-refractivity contribution in [1.29, 1.82) is 0 Å². The molecule has 1 N–H and O–H groups in total. The largest absolute Gasteiger partial charge is 0.507 e. The molecule has 32 heavy (non-hydrogen) atoms. The molecular weight excluding hydrogens is 408 g/mol. The second-order valence-corrected chi connectivity index (χ2v) is 7.67. The predicted octanol–water partition coefficient (Wildman–Crippen LogP) is 3.74. The summed E-state index contributed by atoms with van der Waals surface area (Å²) in [7, 11) is 0. The summed E-state index contributed by atoms with van der Waals surface area (Å²) in [5.41, 5.74) is 2.74. The van der Waals surface area contributed by atoms with Crippen LogP contribution in [0.15, 0.2) is 72.4 Å². The fraction of sp³-hybridized carbons (Fsp3) is 0.160. The molecule has 0 aliphatic carbocycles. The smallest absolute Gasteiger partial charge is 0.296 e. The summed E-state index contributed by atoms with van der Waals surface area (Å²) in [6, 6.07) is 17.1. The summed E-state index contributed by atoms with van der Waals surface area (Å²) in [5.74, 6) is -0.620. The van der Waals surface area contributed by atoms with Gasteiger partial charge in [0.25, 0.3) is 11.7 Å². The van der Waals surface area contributed by atoms with Gasteiger partial charge < -0.3 is 19.5 Å². The molecule has 3 aromatic rings. The van der Waals surface area contributed by atoms with Crippen molar-refractivity contribution in [3.63, 3.8) is 0 Å². The average molecular weight is 428 g/mol. The highest BCUT2D eigenvalue weighted by atomic mass is 16.7. The first-order valence-corrected chi connectivity index (χ1v) is 10.2. The number of nitrogens with zero attached hydrogens (tertiary/aromatic N) is 2. The number of aryl methyl sites for hydroxylation is 1. The van der Waals surface area contributed by atoms with Gasteiger partial charge in [-0.3, -0.25) is 14.6 Å². The SMILES string of the molecule is Cc1ccccc1C1/C(=C(\O)c2ccc3c(c2)OCO3)C(=O)C(=O)N1Cc1ccccn1. The molecule has 5 rings (SSSR count). The Labute approximate surface area is 184 Å². The van der Waals surface area contributed by atoms with Gasteiger partial charge in [-0.15, -0.1) is 0 Å². The van der Waals surface area contributed by atoms with Crippen molar-refractivity contribution in [3.05, 3.63) is 94.8 Å². The van der Waals surface area contributed by atoms with Crippen LogP contribution in [-0.4, -0.2) is 33.5 Å². The van der Waals surface area contributed by atoms with Crippen molar-refractivity contribution < 1.29 is 24.2 Å². The zero-order valence-electron chi connectivity index (χ0n) is 17.3. The maximum absolute atomic E-state index is 13.2. The van der Waals surface area contributed by atoms with E-state index >= 15 is 0 Å². The zero-order valence-corrected chi connectivity index (χ0v) is 17.3. The minimum atomic E-state index is -0.747. The average Bonchev–Trinajstić information content (AvgIpc) is 3.38. The Bertz CT molecular complexity index is 1250. The Hall–Kier alpha value is -4.13. The van der Waals surface area contributed by atoms with Gasteiger partial charge in [0.05, 0.1) is 23.9 Å². The lowest BCUT2D eigenvalue weighted by molar-refractivity contribution is -0.140. The van der Waals surface area contributed by atoms with Crippen LogP contribution in [-0.2, 0) is 16.1 Å². The zero-order chi connectivity index (χ0) is 22.2. The molecule has 1 saturated heterocycles. The lowest BCUT2D eigenvalue weighted by Gasteiger charge is -2.26. The molecule has 2 aliphatic heterocycles. The van der Waals surface area contributed by atoms with Crippen LogP contribution in [0, 0.1) is 6.92 Å². The fourth-order valence-electron chi connectivity index (χ4n) is 4.13. The first-order chi connectivity index (χ1) is 15.5. The number of fused-ring (bicyclic) bond motifs is 1. The van der Waals surface area contributed by atoms with Crippen molar-refractivity contribution in [2.45, 2.75) is 19.5 Å². The van der Waals surface area contributed by atoms with Crippen LogP contribution in [0.4, 0.5) is 0 Å². The Morgan fingerprint density at radius 3 is 2.62 bits per heavy atom. The van der Waals surface area contributed by atoms with Gasteiger partial charge in [0.2, 0.25) is 6.79 Å². The highest BCUT2D eigenvalue weighted by Crippen LogP contribution is 2.42. The number of Topliss-reactive ketones (excluding diaryl/α,β-unsaturated/α-hetero) is 1. The van der Waals surface area contributed by atoms with Gasteiger partial charge in [0.15, 0.2) is 11.5 Å². The van der Waals surface area contributed by atoms with Crippen molar-refractivity contribution >= 4 is 17.4 Å². The molecule has 0 radical (unpaired) electrons. The van der Waals surface area contributed by atoms with Crippen molar-refractivity contribution in [2.24, 2.45) is 0 Å². The normalized spacial score (nSPS) is 18.9. The molecule has 1 fully saturated rings. The number of benzene rings is 2.